The molecule has 7 nitrogen and oxygen atoms in total. The number of rotatable bonds is 3. The highest BCUT2D eigenvalue weighted by Gasteiger charge is 2.18. The maximum atomic E-state index is 12.2. The molecule has 1 fully saturated rings. The molecule has 106 valence electrons. The van der Waals surface area contributed by atoms with Crippen molar-refractivity contribution in [2.24, 2.45) is 0 Å². The average Bonchev–Trinajstić information content (AvgIpc) is 2.50. The van der Waals surface area contributed by atoms with Gasteiger partial charge < -0.3 is 9.94 Å². The highest BCUT2D eigenvalue weighted by Crippen LogP contribution is 2.07. The number of hydrogen-bond acceptors (Lipinski definition) is 5. The molecular weight excluding hydrogens is 260 g/mol. The molecule has 2 heterocycles. The summed E-state index contributed by atoms with van der Waals surface area (Å²) >= 11 is 0. The van der Waals surface area contributed by atoms with Crippen LogP contribution in [0.4, 0.5) is 0 Å². The van der Waals surface area contributed by atoms with Crippen LogP contribution in [0.1, 0.15) is 5.82 Å². The summed E-state index contributed by atoms with van der Waals surface area (Å²) in [5, 5.41) is 15.7. The number of benzene rings is 1. The molecule has 0 spiro atoms. The van der Waals surface area contributed by atoms with E-state index in [9.17, 15) is 10.1 Å². The van der Waals surface area contributed by atoms with Crippen LogP contribution in [-0.2, 0) is 11.2 Å². The Balaban J connectivity index is 1.84. The van der Waals surface area contributed by atoms with Crippen molar-refractivity contribution in [3.05, 3.63) is 40.2 Å². The van der Waals surface area contributed by atoms with Gasteiger partial charge in [0.1, 0.15) is 5.52 Å². The monoisotopic (exact) mass is 276 g/mol. The number of hydrogen-bond donors (Lipinski definition) is 0. The SMILES string of the molecule is O=[n+]1c(CCN2CCOCC2)nn([O-])c2ccccc21. The zero-order chi connectivity index (χ0) is 13.9. The van der Waals surface area contributed by atoms with Crippen molar-refractivity contribution in [3.8, 4) is 0 Å². The van der Waals surface area contributed by atoms with E-state index < -0.39 is 0 Å². The quantitative estimate of drug-likeness (QED) is 0.747. The number of fused-ring (bicyclic) bond motifs is 1. The Morgan fingerprint density at radius 3 is 2.85 bits per heavy atom. The van der Waals surface area contributed by atoms with Crippen molar-refractivity contribution in [1.82, 2.24) is 14.8 Å². The number of ether oxygens (including phenoxy) is 1. The lowest BCUT2D eigenvalue weighted by atomic mass is 10.3. The third-order valence-corrected chi connectivity index (χ3v) is 3.50. The Hall–Kier alpha value is -1.99. The first-order chi connectivity index (χ1) is 9.75. The molecule has 1 saturated heterocycles. The summed E-state index contributed by atoms with van der Waals surface area (Å²) in [6.45, 7) is 3.83. The van der Waals surface area contributed by atoms with Crippen molar-refractivity contribution in [3.63, 3.8) is 0 Å². The lowest BCUT2D eigenvalue weighted by molar-refractivity contribution is -0.480. The van der Waals surface area contributed by atoms with Gasteiger partial charge >= 0.3 is 5.82 Å². The van der Waals surface area contributed by atoms with Crippen LogP contribution in [0.15, 0.2) is 24.3 Å². The zero-order valence-corrected chi connectivity index (χ0v) is 11.1. The Morgan fingerprint density at radius 2 is 2.05 bits per heavy atom. The first-order valence-corrected chi connectivity index (χ1v) is 6.67. The Bertz CT molecular complexity index is 664. The summed E-state index contributed by atoms with van der Waals surface area (Å²) in [5.41, 5.74) is 0.645. The van der Waals surface area contributed by atoms with E-state index in [1.54, 1.807) is 24.3 Å². The normalized spacial score (nSPS) is 16.6. The van der Waals surface area contributed by atoms with Crippen LogP contribution in [0.2, 0.25) is 0 Å². The van der Waals surface area contributed by atoms with Crippen molar-refractivity contribution in [1.29, 1.82) is 0 Å². The molecule has 0 radical (unpaired) electrons. The molecule has 0 atom stereocenters. The van der Waals surface area contributed by atoms with Gasteiger partial charge in [0.05, 0.1) is 24.7 Å². The molecule has 0 unspecified atom stereocenters. The third kappa shape index (κ3) is 2.50. The topological polar surface area (TPSA) is 76.3 Å². The molecule has 1 aromatic carbocycles. The maximum absolute atomic E-state index is 12.2. The van der Waals surface area contributed by atoms with Gasteiger partial charge in [-0.2, -0.15) is 4.85 Å². The number of morpholine rings is 1. The second kappa shape index (κ2) is 5.56. The van der Waals surface area contributed by atoms with E-state index in [1.807, 2.05) is 0 Å². The second-order valence-electron chi connectivity index (χ2n) is 4.78. The molecule has 7 heteroatoms. The third-order valence-electron chi connectivity index (χ3n) is 3.50. The first-order valence-electron chi connectivity index (χ1n) is 6.67. The van der Waals surface area contributed by atoms with Gasteiger partial charge in [-0.25, -0.2) is 0 Å². The van der Waals surface area contributed by atoms with Gasteiger partial charge in [-0.15, -0.1) is 0 Å². The predicted octanol–water partition coefficient (Wildman–Crippen LogP) is 0.171. The first kappa shape index (κ1) is 13.0. The molecular formula is C13H16N4O3. The summed E-state index contributed by atoms with van der Waals surface area (Å²) < 4.78 is 6.03. The average molecular weight is 276 g/mol. The molecule has 0 bridgehead atoms. The van der Waals surface area contributed by atoms with Gasteiger partial charge in [0.25, 0.3) is 0 Å². The van der Waals surface area contributed by atoms with E-state index in [0.717, 1.165) is 17.5 Å². The molecule has 20 heavy (non-hydrogen) atoms. The minimum atomic E-state index is 0.255. The molecule has 1 aliphatic heterocycles. The van der Waals surface area contributed by atoms with E-state index in [2.05, 4.69) is 10.00 Å². The van der Waals surface area contributed by atoms with Crippen molar-refractivity contribution < 1.29 is 9.16 Å². The van der Waals surface area contributed by atoms with Crippen LogP contribution < -0.4 is 4.43 Å². The van der Waals surface area contributed by atoms with Crippen molar-refractivity contribution in [2.75, 3.05) is 32.8 Å². The highest BCUT2D eigenvalue weighted by atomic mass is 16.5. The summed E-state index contributed by atoms with van der Waals surface area (Å²) in [5.74, 6) is 0.255. The maximum Gasteiger partial charge on any atom is 0.368 e. The Labute approximate surface area is 115 Å². The minimum absolute atomic E-state index is 0.255. The van der Waals surface area contributed by atoms with Gasteiger partial charge in [-0.3, -0.25) is 4.90 Å². The standard InChI is InChI=1S/C13H16N4O3/c18-16-11-3-1-2-4-12(11)17(19)14-13(16)5-6-15-7-9-20-10-8-15/h1-4H,5-10H2. The van der Waals surface area contributed by atoms with Crippen LogP contribution in [0.3, 0.4) is 0 Å². The smallest absolute Gasteiger partial charge is 0.368 e. The summed E-state index contributed by atoms with van der Waals surface area (Å²) in [4.78, 5) is 14.9. The van der Waals surface area contributed by atoms with E-state index >= 15 is 0 Å². The van der Waals surface area contributed by atoms with Crippen molar-refractivity contribution >= 4 is 11.0 Å². The van der Waals surface area contributed by atoms with E-state index in [-0.39, 0.29) is 11.3 Å². The fraction of sp³-hybridized carbons (Fsp3) is 0.462. The number of para-hydroxylation sites is 2. The lowest BCUT2D eigenvalue weighted by Gasteiger charge is -2.25. The van der Waals surface area contributed by atoms with E-state index in [1.165, 1.54) is 0 Å². The minimum Gasteiger partial charge on any atom is -0.772 e. The molecule has 0 aliphatic carbocycles. The van der Waals surface area contributed by atoms with E-state index in [4.69, 9.17) is 4.74 Å². The second-order valence-corrected chi connectivity index (χ2v) is 4.78. The number of nitrogens with zero attached hydrogens (tertiary/aromatic N) is 4. The molecule has 0 amide bonds. The van der Waals surface area contributed by atoms with Crippen LogP contribution in [0, 0.1) is 10.1 Å². The summed E-state index contributed by atoms with van der Waals surface area (Å²) in [7, 11) is 0. The van der Waals surface area contributed by atoms with Gasteiger partial charge in [0.2, 0.25) is 5.52 Å². The lowest BCUT2D eigenvalue weighted by Crippen LogP contribution is -2.39. The number of aromatic nitrogens is 3. The molecule has 2 aromatic rings. The summed E-state index contributed by atoms with van der Waals surface area (Å²) in [6.07, 6.45) is 0.455. The van der Waals surface area contributed by atoms with Crippen LogP contribution in [0.5, 0.6) is 0 Å². The Morgan fingerprint density at radius 1 is 1.30 bits per heavy atom. The van der Waals surface area contributed by atoms with Crippen LogP contribution in [-0.4, -0.2) is 47.7 Å². The Kier molecular flexibility index (Phi) is 3.62. The molecule has 3 rings (SSSR count). The van der Waals surface area contributed by atoms with Crippen molar-refractivity contribution in [2.45, 2.75) is 6.42 Å². The largest absolute Gasteiger partial charge is 0.772 e. The van der Waals surface area contributed by atoms with Gasteiger partial charge in [-0.1, -0.05) is 17.0 Å². The predicted molar refractivity (Wildman–Crippen MR) is 72.8 cm³/mol. The van der Waals surface area contributed by atoms with Crippen LogP contribution >= 0.6 is 0 Å². The molecule has 1 aliphatic rings. The van der Waals surface area contributed by atoms with Gasteiger partial charge in [-0.05, 0) is 12.1 Å². The summed E-state index contributed by atoms with van der Waals surface area (Å²) in [6, 6.07) is 6.68. The fourth-order valence-electron chi connectivity index (χ4n) is 2.37. The molecule has 0 N–H and O–H groups in total. The van der Waals surface area contributed by atoms with E-state index in [0.29, 0.717) is 36.5 Å². The van der Waals surface area contributed by atoms with Crippen LogP contribution in [0.25, 0.3) is 11.0 Å². The highest BCUT2D eigenvalue weighted by molar-refractivity contribution is 5.70. The zero-order valence-electron chi connectivity index (χ0n) is 11.1. The molecule has 0 saturated carbocycles. The molecule has 1 aromatic heterocycles. The van der Waals surface area contributed by atoms with Gasteiger partial charge in [0.15, 0.2) is 0 Å². The van der Waals surface area contributed by atoms with Gasteiger partial charge in [0, 0.05) is 24.1 Å². The fourth-order valence-corrected chi connectivity index (χ4v) is 2.37.